The second kappa shape index (κ2) is 8.58. The van der Waals surface area contributed by atoms with Crippen LogP contribution in [0.4, 0.5) is 5.69 Å². The van der Waals surface area contributed by atoms with Gasteiger partial charge in [0.1, 0.15) is 5.70 Å². The normalized spacial score (nSPS) is 11.0. The number of pyridine rings is 1. The molecule has 0 aliphatic carbocycles. The number of benzene rings is 1. The van der Waals surface area contributed by atoms with E-state index in [1.807, 2.05) is 12.1 Å². The lowest BCUT2D eigenvalue weighted by atomic mass is 10.2. The van der Waals surface area contributed by atoms with Gasteiger partial charge in [-0.25, -0.2) is 14.6 Å². The van der Waals surface area contributed by atoms with Crippen LogP contribution in [0.25, 0.3) is 22.8 Å². The van der Waals surface area contributed by atoms with E-state index in [4.69, 9.17) is 0 Å². The molecule has 2 heterocycles. The SMILES string of the molecule is COC(=O)/C=C(/Nc1ccc(-c2nc(-c3cccnc3)n[nH]2)cc1)C(=O)OC. The van der Waals surface area contributed by atoms with Gasteiger partial charge in [0.25, 0.3) is 0 Å². The Morgan fingerprint density at radius 3 is 2.50 bits per heavy atom. The van der Waals surface area contributed by atoms with Gasteiger partial charge < -0.3 is 14.8 Å². The van der Waals surface area contributed by atoms with Crippen LogP contribution >= 0.6 is 0 Å². The molecule has 0 saturated carbocycles. The number of esters is 2. The Kier molecular flexibility index (Phi) is 5.75. The Labute approximate surface area is 160 Å². The van der Waals surface area contributed by atoms with Crippen molar-refractivity contribution in [2.24, 2.45) is 0 Å². The summed E-state index contributed by atoms with van der Waals surface area (Å²) in [6.07, 6.45) is 4.39. The van der Waals surface area contributed by atoms with Crippen molar-refractivity contribution >= 4 is 17.6 Å². The smallest absolute Gasteiger partial charge is 0.354 e. The zero-order chi connectivity index (χ0) is 19.9. The summed E-state index contributed by atoms with van der Waals surface area (Å²) in [5.74, 6) is -0.233. The average molecular weight is 379 g/mol. The fraction of sp³-hybridized carbons (Fsp3) is 0.105. The Hall–Kier alpha value is -4.01. The molecule has 9 nitrogen and oxygen atoms in total. The minimum absolute atomic E-state index is 0.0411. The lowest BCUT2D eigenvalue weighted by Crippen LogP contribution is -2.15. The summed E-state index contributed by atoms with van der Waals surface area (Å²) in [7, 11) is 2.45. The van der Waals surface area contributed by atoms with Gasteiger partial charge in [-0.1, -0.05) is 0 Å². The minimum atomic E-state index is -0.689. The lowest BCUT2D eigenvalue weighted by molar-refractivity contribution is -0.138. The number of hydrogen-bond acceptors (Lipinski definition) is 8. The van der Waals surface area contributed by atoms with Gasteiger partial charge in [-0.05, 0) is 36.4 Å². The first-order chi connectivity index (χ1) is 13.6. The van der Waals surface area contributed by atoms with Gasteiger partial charge >= 0.3 is 11.9 Å². The summed E-state index contributed by atoms with van der Waals surface area (Å²) in [6, 6.07) is 10.7. The second-order valence-electron chi connectivity index (χ2n) is 5.52. The van der Waals surface area contributed by atoms with Crippen molar-refractivity contribution in [3.8, 4) is 22.8 Å². The molecule has 1 aromatic carbocycles. The Morgan fingerprint density at radius 1 is 1.07 bits per heavy atom. The van der Waals surface area contributed by atoms with Gasteiger partial charge in [-0.15, -0.1) is 0 Å². The lowest BCUT2D eigenvalue weighted by Gasteiger charge is -2.09. The van der Waals surface area contributed by atoms with E-state index in [9.17, 15) is 9.59 Å². The number of rotatable bonds is 6. The highest BCUT2D eigenvalue weighted by molar-refractivity contribution is 5.98. The van der Waals surface area contributed by atoms with Crippen LogP contribution in [0.2, 0.25) is 0 Å². The maximum atomic E-state index is 11.8. The van der Waals surface area contributed by atoms with Crippen LogP contribution in [0, 0.1) is 0 Å². The monoisotopic (exact) mass is 379 g/mol. The van der Waals surface area contributed by atoms with Crippen LogP contribution in [-0.2, 0) is 19.1 Å². The zero-order valence-electron chi connectivity index (χ0n) is 15.2. The Morgan fingerprint density at radius 2 is 1.86 bits per heavy atom. The molecule has 0 unspecified atom stereocenters. The van der Waals surface area contributed by atoms with Crippen LogP contribution < -0.4 is 5.32 Å². The van der Waals surface area contributed by atoms with Gasteiger partial charge in [0.05, 0.1) is 20.3 Å². The van der Waals surface area contributed by atoms with Gasteiger partial charge in [0.15, 0.2) is 11.6 Å². The van der Waals surface area contributed by atoms with Crippen LogP contribution in [-0.4, -0.2) is 46.3 Å². The molecule has 142 valence electrons. The molecule has 2 N–H and O–H groups in total. The van der Waals surface area contributed by atoms with E-state index >= 15 is 0 Å². The van der Waals surface area contributed by atoms with Crippen molar-refractivity contribution in [1.82, 2.24) is 20.2 Å². The minimum Gasteiger partial charge on any atom is -0.466 e. The Balaban J connectivity index is 1.78. The first kappa shape index (κ1) is 18.8. The summed E-state index contributed by atoms with van der Waals surface area (Å²) in [6.45, 7) is 0. The third kappa shape index (κ3) is 4.39. The number of methoxy groups -OCH3 is 2. The molecule has 0 aliphatic rings. The van der Waals surface area contributed by atoms with Crippen molar-refractivity contribution in [3.05, 3.63) is 60.6 Å². The predicted octanol–water partition coefficient (Wildman–Crippen LogP) is 2.18. The number of anilines is 1. The number of ether oxygens (including phenoxy) is 2. The number of carbonyl (C=O) groups excluding carboxylic acids is 2. The second-order valence-corrected chi connectivity index (χ2v) is 5.52. The molecule has 0 fully saturated rings. The van der Waals surface area contributed by atoms with Gasteiger partial charge in [-0.3, -0.25) is 10.1 Å². The van der Waals surface area contributed by atoms with E-state index in [1.165, 1.54) is 14.2 Å². The largest absolute Gasteiger partial charge is 0.466 e. The van der Waals surface area contributed by atoms with Crippen LogP contribution in [0.3, 0.4) is 0 Å². The van der Waals surface area contributed by atoms with Crippen LogP contribution in [0.15, 0.2) is 60.6 Å². The molecule has 0 saturated heterocycles. The molecular formula is C19H17N5O4. The molecule has 3 aromatic rings. The fourth-order valence-corrected chi connectivity index (χ4v) is 2.31. The van der Waals surface area contributed by atoms with Crippen molar-refractivity contribution in [2.45, 2.75) is 0 Å². The molecule has 0 atom stereocenters. The molecule has 0 amide bonds. The average Bonchev–Trinajstić information content (AvgIpc) is 3.24. The van der Waals surface area contributed by atoms with Crippen LogP contribution in [0.1, 0.15) is 0 Å². The molecule has 2 aromatic heterocycles. The quantitative estimate of drug-likeness (QED) is 0.494. The summed E-state index contributed by atoms with van der Waals surface area (Å²) >= 11 is 0. The summed E-state index contributed by atoms with van der Waals surface area (Å²) in [5, 5.41) is 9.92. The number of aromatic nitrogens is 4. The number of H-pyrrole nitrogens is 1. The highest BCUT2D eigenvalue weighted by Crippen LogP contribution is 2.21. The molecular weight excluding hydrogens is 362 g/mol. The van der Waals surface area contributed by atoms with E-state index in [1.54, 1.807) is 36.7 Å². The van der Waals surface area contributed by atoms with Gasteiger partial charge in [0, 0.05) is 29.2 Å². The van der Waals surface area contributed by atoms with Crippen molar-refractivity contribution in [2.75, 3.05) is 19.5 Å². The summed E-state index contributed by atoms with van der Waals surface area (Å²) in [4.78, 5) is 31.7. The highest BCUT2D eigenvalue weighted by atomic mass is 16.5. The highest BCUT2D eigenvalue weighted by Gasteiger charge is 2.13. The Bertz CT molecular complexity index is 997. The van der Waals surface area contributed by atoms with E-state index in [0.717, 1.165) is 17.2 Å². The van der Waals surface area contributed by atoms with Gasteiger partial charge in [0.2, 0.25) is 0 Å². The number of hydrogen-bond donors (Lipinski definition) is 2. The summed E-state index contributed by atoms with van der Waals surface area (Å²) < 4.78 is 9.20. The maximum absolute atomic E-state index is 11.8. The van der Waals surface area contributed by atoms with E-state index < -0.39 is 11.9 Å². The fourth-order valence-electron chi connectivity index (χ4n) is 2.31. The van der Waals surface area contributed by atoms with Crippen LogP contribution in [0.5, 0.6) is 0 Å². The zero-order valence-corrected chi connectivity index (χ0v) is 15.2. The molecule has 0 aliphatic heterocycles. The third-order valence-corrected chi connectivity index (χ3v) is 3.71. The standard InChI is InChI=1S/C19H17N5O4/c1-27-16(25)10-15(19(26)28-2)21-14-7-5-12(6-8-14)17-22-18(24-23-17)13-4-3-9-20-11-13/h3-11,21H,1-2H3,(H,22,23,24)/b15-10+. The molecule has 0 spiro atoms. The molecule has 0 radical (unpaired) electrons. The first-order valence-electron chi connectivity index (χ1n) is 8.19. The van der Waals surface area contributed by atoms with Crippen molar-refractivity contribution in [1.29, 1.82) is 0 Å². The summed E-state index contributed by atoms with van der Waals surface area (Å²) in [5.41, 5.74) is 2.14. The van der Waals surface area contributed by atoms with E-state index in [-0.39, 0.29) is 5.70 Å². The number of carbonyl (C=O) groups is 2. The molecule has 0 bridgehead atoms. The van der Waals surface area contributed by atoms with E-state index in [0.29, 0.717) is 17.3 Å². The number of nitrogens with one attached hydrogen (secondary N) is 2. The topological polar surface area (TPSA) is 119 Å². The first-order valence-corrected chi connectivity index (χ1v) is 8.19. The predicted molar refractivity (Wildman–Crippen MR) is 101 cm³/mol. The number of nitrogens with zero attached hydrogens (tertiary/aromatic N) is 3. The molecule has 3 rings (SSSR count). The van der Waals surface area contributed by atoms with E-state index in [2.05, 4.69) is 35.0 Å². The van der Waals surface area contributed by atoms with Gasteiger partial charge in [-0.2, -0.15) is 5.10 Å². The van der Waals surface area contributed by atoms with Crippen molar-refractivity contribution in [3.63, 3.8) is 0 Å². The third-order valence-electron chi connectivity index (χ3n) is 3.71. The number of aromatic amines is 1. The van der Waals surface area contributed by atoms with Crippen molar-refractivity contribution < 1.29 is 19.1 Å². The molecule has 9 heteroatoms. The maximum Gasteiger partial charge on any atom is 0.354 e. The molecule has 28 heavy (non-hydrogen) atoms.